The highest BCUT2D eigenvalue weighted by molar-refractivity contribution is 5.83. The third-order valence-corrected chi connectivity index (χ3v) is 5.91. The van der Waals surface area contributed by atoms with Crippen molar-refractivity contribution in [3.05, 3.63) is 59.7 Å². The summed E-state index contributed by atoms with van der Waals surface area (Å²) in [5.74, 6) is -1.24. The summed E-state index contributed by atoms with van der Waals surface area (Å²) in [7, 11) is 0. The van der Waals surface area contributed by atoms with Crippen molar-refractivity contribution >= 4 is 18.0 Å². The molecule has 3 rings (SSSR count). The number of fused-ring (bicyclic) bond motifs is 3. The van der Waals surface area contributed by atoms with Gasteiger partial charge < -0.3 is 20.5 Å². The van der Waals surface area contributed by atoms with Crippen molar-refractivity contribution < 1.29 is 24.2 Å². The van der Waals surface area contributed by atoms with E-state index in [4.69, 9.17) is 9.84 Å². The average molecular weight is 453 g/mol. The number of carboxylic acids is 1. The number of aliphatic carboxylic acids is 1. The van der Waals surface area contributed by atoms with Crippen LogP contribution in [0.3, 0.4) is 0 Å². The van der Waals surface area contributed by atoms with E-state index in [1.54, 1.807) is 0 Å². The van der Waals surface area contributed by atoms with E-state index >= 15 is 0 Å². The number of hydrogen-bond donors (Lipinski definition) is 3. The highest BCUT2D eigenvalue weighted by Gasteiger charge is 2.29. The Bertz CT molecular complexity index is 958. The Morgan fingerprint density at radius 2 is 1.55 bits per heavy atom. The van der Waals surface area contributed by atoms with Gasteiger partial charge in [-0.05, 0) is 47.4 Å². The summed E-state index contributed by atoms with van der Waals surface area (Å²) in [6.45, 7) is 6.01. The van der Waals surface area contributed by atoms with Gasteiger partial charge in [0.1, 0.15) is 12.6 Å². The molecule has 2 aromatic carbocycles. The van der Waals surface area contributed by atoms with Crippen LogP contribution in [0.5, 0.6) is 0 Å². The molecule has 2 atom stereocenters. The van der Waals surface area contributed by atoms with Crippen LogP contribution in [0, 0.1) is 11.8 Å². The quantitative estimate of drug-likeness (QED) is 0.502. The number of carboxylic acid groups (broad SMARTS) is 1. The summed E-state index contributed by atoms with van der Waals surface area (Å²) in [5, 5.41) is 14.2. The number of carbonyl (C=O) groups excluding carboxylic acids is 2. The third-order valence-electron chi connectivity index (χ3n) is 5.91. The number of alkyl carbamates (subject to hydrolysis) is 1. The predicted molar refractivity (Wildman–Crippen MR) is 126 cm³/mol. The maximum Gasteiger partial charge on any atom is 0.407 e. The monoisotopic (exact) mass is 452 g/mol. The Morgan fingerprint density at radius 3 is 2.09 bits per heavy atom. The van der Waals surface area contributed by atoms with Crippen molar-refractivity contribution in [3.8, 4) is 11.1 Å². The molecule has 0 bridgehead atoms. The van der Waals surface area contributed by atoms with E-state index in [-0.39, 0.29) is 37.3 Å². The minimum absolute atomic E-state index is 0.0158. The molecule has 0 aliphatic heterocycles. The van der Waals surface area contributed by atoms with Gasteiger partial charge in [0, 0.05) is 18.9 Å². The second-order valence-corrected chi connectivity index (χ2v) is 9.03. The van der Waals surface area contributed by atoms with E-state index in [2.05, 4.69) is 34.9 Å². The van der Waals surface area contributed by atoms with Crippen molar-refractivity contribution in [1.82, 2.24) is 10.6 Å². The smallest absolute Gasteiger partial charge is 0.407 e. The summed E-state index contributed by atoms with van der Waals surface area (Å²) in [6.07, 6.45) is 0.336. The molecule has 0 unspecified atom stereocenters. The number of hydrogen-bond acceptors (Lipinski definition) is 4. The lowest BCUT2D eigenvalue weighted by molar-refractivity contribution is -0.141. The Kier molecular flexibility index (Phi) is 8.09. The molecular weight excluding hydrogens is 420 g/mol. The second-order valence-electron chi connectivity index (χ2n) is 9.03. The van der Waals surface area contributed by atoms with E-state index in [1.165, 1.54) is 18.1 Å². The molecule has 0 radical (unpaired) electrons. The van der Waals surface area contributed by atoms with Crippen LogP contribution in [0.2, 0.25) is 0 Å². The van der Waals surface area contributed by atoms with E-state index in [0.29, 0.717) is 5.92 Å². The van der Waals surface area contributed by atoms with Crippen LogP contribution in [-0.2, 0) is 14.3 Å². The molecular formula is C26H32N2O5. The summed E-state index contributed by atoms with van der Waals surface area (Å²) in [6, 6.07) is 15.3. The lowest BCUT2D eigenvalue weighted by Gasteiger charge is -2.20. The zero-order chi connectivity index (χ0) is 24.0. The van der Waals surface area contributed by atoms with E-state index < -0.39 is 18.1 Å². The molecule has 0 heterocycles. The fraction of sp³-hybridized carbons (Fsp3) is 0.423. The second kappa shape index (κ2) is 11.0. The van der Waals surface area contributed by atoms with Gasteiger partial charge in [-0.25, -0.2) is 4.79 Å². The standard InChI is InChI=1S/C26H32N2O5/c1-16(2)12-18(13-24(29)28-17(3)25(30)31)14-27-26(32)33-15-23-21-10-6-4-8-19(21)20-9-5-7-11-22(20)23/h4-11,16-18,23H,12-15H2,1-3H3,(H,27,32)(H,28,29)(H,30,31)/t17-,18-/m0/s1. The largest absolute Gasteiger partial charge is 0.480 e. The number of amides is 2. The van der Waals surface area contributed by atoms with Gasteiger partial charge in [0.25, 0.3) is 0 Å². The van der Waals surface area contributed by atoms with Crippen molar-refractivity contribution in [1.29, 1.82) is 0 Å². The minimum atomic E-state index is -1.08. The average Bonchev–Trinajstić information content (AvgIpc) is 3.09. The molecule has 0 saturated heterocycles. The molecule has 0 saturated carbocycles. The van der Waals surface area contributed by atoms with Crippen molar-refractivity contribution in [3.63, 3.8) is 0 Å². The van der Waals surface area contributed by atoms with E-state index in [0.717, 1.165) is 17.5 Å². The van der Waals surface area contributed by atoms with Gasteiger partial charge in [0.2, 0.25) is 5.91 Å². The fourth-order valence-corrected chi connectivity index (χ4v) is 4.41. The molecule has 0 spiro atoms. The summed E-state index contributed by atoms with van der Waals surface area (Å²) < 4.78 is 5.57. The van der Waals surface area contributed by atoms with Crippen LogP contribution < -0.4 is 10.6 Å². The lowest BCUT2D eigenvalue weighted by Crippen LogP contribution is -2.40. The highest BCUT2D eigenvalue weighted by atomic mass is 16.5. The normalized spacial score (nSPS) is 14.2. The maximum atomic E-state index is 12.5. The Balaban J connectivity index is 1.55. The maximum absolute atomic E-state index is 12.5. The van der Waals surface area contributed by atoms with E-state index in [9.17, 15) is 14.4 Å². The molecule has 7 nitrogen and oxygen atoms in total. The number of ether oxygens (including phenoxy) is 1. The Morgan fingerprint density at radius 1 is 0.970 bits per heavy atom. The molecule has 3 N–H and O–H groups in total. The molecule has 7 heteroatoms. The van der Waals surface area contributed by atoms with Gasteiger partial charge in [-0.3, -0.25) is 9.59 Å². The summed E-state index contributed by atoms with van der Waals surface area (Å²) in [5.41, 5.74) is 4.63. The number of carbonyl (C=O) groups is 3. The minimum Gasteiger partial charge on any atom is -0.480 e. The topological polar surface area (TPSA) is 105 Å². The van der Waals surface area contributed by atoms with Gasteiger partial charge in [-0.15, -0.1) is 0 Å². The van der Waals surface area contributed by atoms with E-state index in [1.807, 2.05) is 38.1 Å². The first-order valence-corrected chi connectivity index (χ1v) is 11.4. The predicted octanol–water partition coefficient (Wildman–Crippen LogP) is 4.17. The lowest BCUT2D eigenvalue weighted by atomic mass is 9.93. The molecule has 1 aliphatic rings. The zero-order valence-corrected chi connectivity index (χ0v) is 19.3. The number of nitrogens with one attached hydrogen (secondary N) is 2. The van der Waals surface area contributed by atoms with Crippen LogP contribution in [0.4, 0.5) is 4.79 Å². The molecule has 2 amide bonds. The molecule has 0 fully saturated rings. The molecule has 176 valence electrons. The van der Waals surface area contributed by atoms with Crippen molar-refractivity contribution in [2.24, 2.45) is 11.8 Å². The SMILES string of the molecule is CC(C)C[C@H](CNC(=O)OCC1c2ccccc2-c2ccccc21)CC(=O)N[C@@H](C)C(=O)O. The molecule has 33 heavy (non-hydrogen) atoms. The highest BCUT2D eigenvalue weighted by Crippen LogP contribution is 2.44. The van der Waals surface area contributed by atoms with Gasteiger partial charge >= 0.3 is 12.1 Å². The van der Waals surface area contributed by atoms with Gasteiger partial charge in [-0.2, -0.15) is 0 Å². The first kappa shape index (κ1) is 24.3. The first-order chi connectivity index (χ1) is 15.8. The van der Waals surface area contributed by atoms with Crippen LogP contribution in [0.1, 0.15) is 50.7 Å². The van der Waals surface area contributed by atoms with Crippen LogP contribution in [-0.4, -0.2) is 42.3 Å². The zero-order valence-electron chi connectivity index (χ0n) is 19.3. The molecule has 1 aliphatic carbocycles. The Hall–Kier alpha value is -3.35. The van der Waals surface area contributed by atoms with Gasteiger partial charge in [0.15, 0.2) is 0 Å². The third kappa shape index (κ3) is 6.34. The fourth-order valence-electron chi connectivity index (χ4n) is 4.41. The summed E-state index contributed by atoms with van der Waals surface area (Å²) >= 11 is 0. The molecule has 2 aromatic rings. The Labute approximate surface area is 194 Å². The van der Waals surface area contributed by atoms with Crippen LogP contribution in [0.15, 0.2) is 48.5 Å². The number of rotatable bonds is 10. The summed E-state index contributed by atoms with van der Waals surface area (Å²) in [4.78, 5) is 35.6. The van der Waals surface area contributed by atoms with Crippen molar-refractivity contribution in [2.45, 2.75) is 45.6 Å². The molecule has 0 aromatic heterocycles. The van der Waals surface area contributed by atoms with Crippen LogP contribution >= 0.6 is 0 Å². The van der Waals surface area contributed by atoms with Crippen LogP contribution in [0.25, 0.3) is 11.1 Å². The van der Waals surface area contributed by atoms with Gasteiger partial charge in [0.05, 0.1) is 0 Å². The first-order valence-electron chi connectivity index (χ1n) is 11.4. The van der Waals surface area contributed by atoms with Gasteiger partial charge in [-0.1, -0.05) is 62.4 Å². The van der Waals surface area contributed by atoms with Crippen molar-refractivity contribution in [2.75, 3.05) is 13.2 Å². The number of benzene rings is 2.